The molecule has 3 rings (SSSR count). The predicted octanol–water partition coefficient (Wildman–Crippen LogP) is -1.50. The lowest BCUT2D eigenvalue weighted by molar-refractivity contribution is -0.129. The average molecular weight is 345 g/mol. The van der Waals surface area contributed by atoms with Crippen molar-refractivity contribution in [3.05, 3.63) is 0 Å². The number of rotatable bonds is 4. The van der Waals surface area contributed by atoms with Gasteiger partial charge in [-0.2, -0.15) is 17.0 Å². The summed E-state index contributed by atoms with van der Waals surface area (Å²) in [5.74, 6) is -0.226. The molecule has 9 nitrogen and oxygen atoms in total. The van der Waals surface area contributed by atoms with Gasteiger partial charge in [0, 0.05) is 52.4 Å². The quantitative estimate of drug-likeness (QED) is 0.669. The first-order valence-corrected chi connectivity index (χ1v) is 9.44. The van der Waals surface area contributed by atoms with Gasteiger partial charge in [-0.3, -0.25) is 14.6 Å². The minimum atomic E-state index is -3.36. The van der Waals surface area contributed by atoms with E-state index in [9.17, 15) is 18.0 Å². The van der Waals surface area contributed by atoms with Gasteiger partial charge in [0.1, 0.15) is 0 Å². The molecule has 0 aromatic rings. The van der Waals surface area contributed by atoms with Crippen molar-refractivity contribution in [2.45, 2.75) is 12.8 Å². The molecule has 3 heterocycles. The van der Waals surface area contributed by atoms with Crippen molar-refractivity contribution in [1.29, 1.82) is 0 Å². The molecule has 0 aromatic carbocycles. The summed E-state index contributed by atoms with van der Waals surface area (Å²) in [4.78, 5) is 26.7. The number of imide groups is 1. The third-order valence-corrected chi connectivity index (χ3v) is 6.60. The van der Waals surface area contributed by atoms with Crippen LogP contribution in [0.15, 0.2) is 0 Å². The van der Waals surface area contributed by atoms with Gasteiger partial charge >= 0.3 is 6.03 Å². The molecule has 0 saturated carbocycles. The molecule has 0 radical (unpaired) electrons. The molecule has 3 amide bonds. The van der Waals surface area contributed by atoms with Gasteiger partial charge in [-0.05, 0) is 12.8 Å². The Morgan fingerprint density at radius 3 is 2.13 bits per heavy atom. The summed E-state index contributed by atoms with van der Waals surface area (Å²) in [7, 11) is -3.36. The first-order chi connectivity index (χ1) is 11.0. The summed E-state index contributed by atoms with van der Waals surface area (Å²) in [6.07, 6.45) is 1.84. The van der Waals surface area contributed by atoms with Gasteiger partial charge in [-0.15, -0.1) is 0 Å². The van der Waals surface area contributed by atoms with Crippen molar-refractivity contribution in [1.82, 2.24) is 23.7 Å². The number of hydrogen-bond acceptors (Lipinski definition) is 5. The van der Waals surface area contributed by atoms with E-state index in [1.807, 2.05) is 4.90 Å². The van der Waals surface area contributed by atoms with Gasteiger partial charge in [-0.25, -0.2) is 4.79 Å². The summed E-state index contributed by atoms with van der Waals surface area (Å²) in [6, 6.07) is -0.342. The average Bonchev–Trinajstić information content (AvgIpc) is 3.19. The van der Waals surface area contributed by atoms with Crippen molar-refractivity contribution in [2.24, 2.45) is 0 Å². The number of amides is 3. The van der Waals surface area contributed by atoms with Crippen LogP contribution in [0.4, 0.5) is 4.79 Å². The monoisotopic (exact) mass is 345 g/mol. The number of urea groups is 1. The van der Waals surface area contributed by atoms with Crippen LogP contribution < -0.4 is 5.32 Å². The second-order valence-electron chi connectivity index (χ2n) is 6.07. The molecule has 23 heavy (non-hydrogen) atoms. The highest BCUT2D eigenvalue weighted by molar-refractivity contribution is 7.86. The van der Waals surface area contributed by atoms with Crippen LogP contribution in [0.1, 0.15) is 12.8 Å². The van der Waals surface area contributed by atoms with Crippen LogP contribution in [-0.2, 0) is 15.0 Å². The van der Waals surface area contributed by atoms with Crippen LogP contribution in [0, 0.1) is 0 Å². The largest absolute Gasteiger partial charge is 0.336 e. The van der Waals surface area contributed by atoms with Gasteiger partial charge in [0.25, 0.3) is 10.2 Å². The number of carbonyl (C=O) groups is 2. The van der Waals surface area contributed by atoms with Gasteiger partial charge in [0.05, 0.1) is 6.54 Å². The molecule has 0 aliphatic carbocycles. The SMILES string of the molecule is O=C(CN1CCN(S(=O)(=O)N2CCCC2)CC1)N1CCNC1=O. The van der Waals surface area contributed by atoms with Crippen LogP contribution >= 0.6 is 0 Å². The van der Waals surface area contributed by atoms with Crippen molar-refractivity contribution in [2.75, 3.05) is 58.9 Å². The molecular weight excluding hydrogens is 322 g/mol. The fourth-order valence-electron chi connectivity index (χ4n) is 3.19. The normalized spacial score (nSPS) is 25.0. The Hall–Kier alpha value is -1.23. The fourth-order valence-corrected chi connectivity index (χ4v) is 4.86. The highest BCUT2D eigenvalue weighted by Crippen LogP contribution is 2.18. The maximum Gasteiger partial charge on any atom is 0.324 e. The molecule has 130 valence electrons. The fraction of sp³-hybridized carbons (Fsp3) is 0.846. The molecular formula is C13H23N5O4S. The highest BCUT2D eigenvalue weighted by atomic mass is 32.2. The molecule has 0 spiro atoms. The van der Waals surface area contributed by atoms with Gasteiger partial charge in [0.15, 0.2) is 0 Å². The second-order valence-corrected chi connectivity index (χ2v) is 7.99. The van der Waals surface area contributed by atoms with E-state index in [2.05, 4.69) is 5.32 Å². The second kappa shape index (κ2) is 6.71. The summed E-state index contributed by atoms with van der Waals surface area (Å²) < 4.78 is 28.0. The zero-order valence-corrected chi connectivity index (χ0v) is 13.9. The maximum absolute atomic E-state index is 12.5. The number of hydrogen-bond donors (Lipinski definition) is 1. The Labute approximate surface area is 136 Å². The van der Waals surface area contributed by atoms with Gasteiger partial charge < -0.3 is 5.32 Å². The Kier molecular flexibility index (Phi) is 4.85. The standard InChI is InChI=1S/C13H23N5O4S/c19-12(18-6-3-14-13(18)20)11-15-7-9-17(10-8-15)23(21,22)16-4-1-2-5-16/h1-11H2,(H,14,20). The third kappa shape index (κ3) is 3.49. The van der Waals surface area contributed by atoms with E-state index in [0.29, 0.717) is 52.4 Å². The number of nitrogens with one attached hydrogen (secondary N) is 1. The van der Waals surface area contributed by atoms with Gasteiger partial charge in [0.2, 0.25) is 5.91 Å². The molecule has 0 aromatic heterocycles. The summed E-state index contributed by atoms with van der Waals surface area (Å²) in [5.41, 5.74) is 0. The lowest BCUT2D eigenvalue weighted by atomic mass is 10.3. The van der Waals surface area contributed by atoms with Crippen molar-refractivity contribution < 1.29 is 18.0 Å². The topological polar surface area (TPSA) is 93.3 Å². The van der Waals surface area contributed by atoms with E-state index in [1.54, 1.807) is 4.31 Å². The summed E-state index contributed by atoms with van der Waals surface area (Å²) in [6.45, 7) is 4.05. The maximum atomic E-state index is 12.5. The molecule has 3 fully saturated rings. The van der Waals surface area contributed by atoms with E-state index in [1.165, 1.54) is 9.21 Å². The summed E-state index contributed by atoms with van der Waals surface area (Å²) in [5, 5.41) is 2.60. The number of nitrogens with zero attached hydrogens (tertiary/aromatic N) is 4. The Balaban J connectivity index is 1.50. The Morgan fingerprint density at radius 1 is 0.957 bits per heavy atom. The third-order valence-electron chi connectivity index (χ3n) is 4.57. The zero-order valence-electron chi connectivity index (χ0n) is 13.1. The highest BCUT2D eigenvalue weighted by Gasteiger charge is 2.35. The summed E-state index contributed by atoms with van der Waals surface area (Å²) >= 11 is 0. The molecule has 3 aliphatic rings. The zero-order chi connectivity index (χ0) is 16.4. The van der Waals surface area contributed by atoms with Gasteiger partial charge in [-0.1, -0.05) is 0 Å². The molecule has 0 atom stereocenters. The van der Waals surface area contributed by atoms with Crippen LogP contribution in [-0.4, -0.2) is 97.7 Å². The lowest BCUT2D eigenvalue weighted by Crippen LogP contribution is -2.54. The molecule has 3 aliphatic heterocycles. The smallest absolute Gasteiger partial charge is 0.324 e. The minimum Gasteiger partial charge on any atom is -0.336 e. The van der Waals surface area contributed by atoms with Crippen LogP contribution in [0.3, 0.4) is 0 Å². The first kappa shape index (κ1) is 16.6. The van der Waals surface area contributed by atoms with E-state index in [4.69, 9.17) is 0 Å². The predicted molar refractivity (Wildman–Crippen MR) is 82.9 cm³/mol. The Bertz CT molecular complexity index is 567. The molecule has 3 saturated heterocycles. The van der Waals surface area contributed by atoms with E-state index < -0.39 is 10.2 Å². The molecule has 10 heteroatoms. The number of carbonyl (C=O) groups excluding carboxylic acids is 2. The Morgan fingerprint density at radius 2 is 1.57 bits per heavy atom. The van der Waals surface area contributed by atoms with E-state index in [0.717, 1.165) is 12.8 Å². The molecule has 0 unspecified atom stereocenters. The van der Waals surface area contributed by atoms with Crippen molar-refractivity contribution in [3.8, 4) is 0 Å². The van der Waals surface area contributed by atoms with Crippen molar-refractivity contribution in [3.63, 3.8) is 0 Å². The minimum absolute atomic E-state index is 0.158. The lowest BCUT2D eigenvalue weighted by Gasteiger charge is -2.35. The van der Waals surface area contributed by atoms with E-state index in [-0.39, 0.29) is 18.5 Å². The van der Waals surface area contributed by atoms with E-state index >= 15 is 0 Å². The van der Waals surface area contributed by atoms with Crippen LogP contribution in [0.25, 0.3) is 0 Å². The van der Waals surface area contributed by atoms with Crippen LogP contribution in [0.5, 0.6) is 0 Å². The molecule has 1 N–H and O–H groups in total. The molecule has 0 bridgehead atoms. The van der Waals surface area contributed by atoms with Crippen LogP contribution in [0.2, 0.25) is 0 Å². The first-order valence-electron chi connectivity index (χ1n) is 8.04. The number of piperazine rings is 1. The van der Waals surface area contributed by atoms with Crippen molar-refractivity contribution >= 4 is 22.1 Å².